The van der Waals surface area contributed by atoms with Gasteiger partial charge in [0.1, 0.15) is 0 Å². The summed E-state index contributed by atoms with van der Waals surface area (Å²) in [6.07, 6.45) is 4.11. The van der Waals surface area contributed by atoms with E-state index in [1.54, 1.807) is 11.9 Å². The molecule has 1 aliphatic rings. The number of piperidine rings is 1. The predicted molar refractivity (Wildman–Crippen MR) is 58.2 cm³/mol. The van der Waals surface area contributed by atoms with Gasteiger partial charge < -0.3 is 4.90 Å². The first-order chi connectivity index (χ1) is 7.24. The monoisotopic (exact) mass is 209 g/mol. The van der Waals surface area contributed by atoms with Crippen molar-refractivity contribution in [3.05, 3.63) is 0 Å². The molecule has 15 heavy (non-hydrogen) atoms. The summed E-state index contributed by atoms with van der Waals surface area (Å²) in [7, 11) is 1.77. The van der Waals surface area contributed by atoms with Gasteiger partial charge in [0.15, 0.2) is 0 Å². The second-order valence-electron chi connectivity index (χ2n) is 4.06. The zero-order valence-electron chi connectivity index (χ0n) is 9.41. The number of rotatable bonds is 4. The van der Waals surface area contributed by atoms with Gasteiger partial charge in [-0.3, -0.25) is 9.69 Å². The van der Waals surface area contributed by atoms with Crippen molar-refractivity contribution in [3.8, 4) is 6.07 Å². The quantitative estimate of drug-likeness (QED) is 0.689. The van der Waals surface area contributed by atoms with Gasteiger partial charge in [-0.25, -0.2) is 0 Å². The lowest BCUT2D eigenvalue weighted by molar-refractivity contribution is -0.131. The van der Waals surface area contributed by atoms with Gasteiger partial charge in [-0.15, -0.1) is 0 Å². The van der Waals surface area contributed by atoms with Crippen LogP contribution in [0.4, 0.5) is 0 Å². The third-order valence-electron chi connectivity index (χ3n) is 2.79. The lowest BCUT2D eigenvalue weighted by Crippen LogP contribution is -2.40. The molecule has 4 heteroatoms. The van der Waals surface area contributed by atoms with E-state index >= 15 is 0 Å². The Morgan fingerprint density at radius 3 is 2.67 bits per heavy atom. The van der Waals surface area contributed by atoms with Gasteiger partial charge in [0, 0.05) is 13.6 Å². The van der Waals surface area contributed by atoms with Gasteiger partial charge in [0.25, 0.3) is 0 Å². The Hall–Kier alpha value is -1.08. The maximum absolute atomic E-state index is 11.7. The second kappa shape index (κ2) is 6.41. The lowest BCUT2D eigenvalue weighted by Gasteiger charge is -2.27. The average Bonchev–Trinajstić information content (AvgIpc) is 2.27. The molecule has 0 atom stereocenters. The Balaban J connectivity index is 2.24. The van der Waals surface area contributed by atoms with Crippen molar-refractivity contribution in [2.24, 2.45) is 0 Å². The standard InChI is InChI=1S/C11H19N3O/c1-13(7-5-6-12)11(15)10-14-8-3-2-4-9-14/h2-5,7-10H2,1H3. The van der Waals surface area contributed by atoms with E-state index in [1.165, 1.54) is 19.3 Å². The number of carbonyl (C=O) groups excluding carboxylic acids is 1. The number of hydrogen-bond donors (Lipinski definition) is 0. The zero-order chi connectivity index (χ0) is 11.1. The van der Waals surface area contributed by atoms with Crippen molar-refractivity contribution in [1.82, 2.24) is 9.80 Å². The molecule has 0 spiro atoms. The predicted octanol–water partition coefficient (Wildman–Crippen LogP) is 0.844. The summed E-state index contributed by atoms with van der Waals surface area (Å²) in [5.41, 5.74) is 0. The third-order valence-corrected chi connectivity index (χ3v) is 2.79. The number of hydrogen-bond acceptors (Lipinski definition) is 3. The largest absolute Gasteiger partial charge is 0.344 e. The molecule has 1 amide bonds. The minimum Gasteiger partial charge on any atom is -0.344 e. The van der Waals surface area contributed by atoms with Crippen LogP contribution in [0.25, 0.3) is 0 Å². The fourth-order valence-electron chi connectivity index (χ4n) is 1.77. The Labute approximate surface area is 91.5 Å². The number of nitriles is 1. The fraction of sp³-hybridized carbons (Fsp3) is 0.818. The fourth-order valence-corrected chi connectivity index (χ4v) is 1.77. The summed E-state index contributed by atoms with van der Waals surface area (Å²) in [5.74, 6) is 0.132. The molecule has 0 radical (unpaired) electrons. The molecule has 1 saturated heterocycles. The first-order valence-electron chi connectivity index (χ1n) is 5.57. The molecule has 0 unspecified atom stereocenters. The van der Waals surface area contributed by atoms with Crippen LogP contribution in [0.1, 0.15) is 25.7 Å². The van der Waals surface area contributed by atoms with Crippen LogP contribution >= 0.6 is 0 Å². The highest BCUT2D eigenvalue weighted by molar-refractivity contribution is 5.78. The zero-order valence-corrected chi connectivity index (χ0v) is 9.41. The second-order valence-corrected chi connectivity index (χ2v) is 4.06. The molecule has 84 valence electrons. The number of amides is 1. The Morgan fingerprint density at radius 1 is 1.40 bits per heavy atom. The molecule has 0 aromatic rings. The molecule has 0 bridgehead atoms. The summed E-state index contributed by atoms with van der Waals surface area (Å²) in [5, 5.41) is 8.42. The number of likely N-dealkylation sites (N-methyl/N-ethyl adjacent to an activating group) is 1. The van der Waals surface area contributed by atoms with Gasteiger partial charge in [-0.05, 0) is 25.9 Å². The van der Waals surface area contributed by atoms with Crippen molar-refractivity contribution in [2.45, 2.75) is 25.7 Å². The van der Waals surface area contributed by atoms with E-state index in [9.17, 15) is 4.79 Å². The van der Waals surface area contributed by atoms with E-state index in [-0.39, 0.29) is 5.91 Å². The van der Waals surface area contributed by atoms with Gasteiger partial charge >= 0.3 is 0 Å². The van der Waals surface area contributed by atoms with Crippen LogP contribution in [0.5, 0.6) is 0 Å². The van der Waals surface area contributed by atoms with E-state index in [0.717, 1.165) is 13.1 Å². The van der Waals surface area contributed by atoms with Crippen LogP contribution in [0.3, 0.4) is 0 Å². The highest BCUT2D eigenvalue weighted by atomic mass is 16.2. The molecule has 1 aliphatic heterocycles. The first kappa shape index (κ1) is 12.0. The number of nitrogens with zero attached hydrogens (tertiary/aromatic N) is 3. The molecule has 1 fully saturated rings. The lowest BCUT2D eigenvalue weighted by atomic mass is 10.1. The van der Waals surface area contributed by atoms with Crippen LogP contribution in [0.2, 0.25) is 0 Å². The van der Waals surface area contributed by atoms with E-state index in [2.05, 4.69) is 4.90 Å². The van der Waals surface area contributed by atoms with E-state index in [0.29, 0.717) is 19.5 Å². The molecule has 4 nitrogen and oxygen atoms in total. The van der Waals surface area contributed by atoms with E-state index in [1.807, 2.05) is 6.07 Å². The minimum absolute atomic E-state index is 0.132. The van der Waals surface area contributed by atoms with Gasteiger partial charge in [0.05, 0.1) is 19.0 Å². The molecule has 0 aromatic heterocycles. The molecular formula is C11H19N3O. The van der Waals surface area contributed by atoms with Crippen molar-refractivity contribution in [3.63, 3.8) is 0 Å². The van der Waals surface area contributed by atoms with Gasteiger partial charge in [-0.1, -0.05) is 6.42 Å². The molecule has 0 aliphatic carbocycles. The maximum Gasteiger partial charge on any atom is 0.236 e. The Bertz CT molecular complexity index is 241. The summed E-state index contributed by atoms with van der Waals surface area (Å²) in [6.45, 7) is 3.14. The summed E-state index contributed by atoms with van der Waals surface area (Å²) >= 11 is 0. The normalized spacial score (nSPS) is 17.1. The molecule has 0 N–H and O–H groups in total. The Kier molecular flexibility index (Phi) is 5.13. The minimum atomic E-state index is 0.132. The van der Waals surface area contributed by atoms with Crippen LogP contribution in [-0.2, 0) is 4.79 Å². The van der Waals surface area contributed by atoms with E-state index < -0.39 is 0 Å². The highest BCUT2D eigenvalue weighted by Crippen LogP contribution is 2.08. The first-order valence-corrected chi connectivity index (χ1v) is 5.57. The van der Waals surface area contributed by atoms with Crippen molar-refractivity contribution < 1.29 is 4.79 Å². The SMILES string of the molecule is CN(CCC#N)C(=O)CN1CCCCC1. The van der Waals surface area contributed by atoms with Crippen LogP contribution in [-0.4, -0.2) is 48.9 Å². The van der Waals surface area contributed by atoms with Gasteiger partial charge in [-0.2, -0.15) is 5.26 Å². The molecule has 0 aromatic carbocycles. The smallest absolute Gasteiger partial charge is 0.236 e. The van der Waals surface area contributed by atoms with Crippen LogP contribution < -0.4 is 0 Å². The summed E-state index contributed by atoms with van der Waals surface area (Å²) in [4.78, 5) is 15.5. The summed E-state index contributed by atoms with van der Waals surface area (Å²) in [6, 6.07) is 2.05. The topological polar surface area (TPSA) is 47.3 Å². The Morgan fingerprint density at radius 2 is 2.07 bits per heavy atom. The van der Waals surface area contributed by atoms with Crippen LogP contribution in [0, 0.1) is 11.3 Å². The van der Waals surface area contributed by atoms with Crippen molar-refractivity contribution in [2.75, 3.05) is 33.2 Å². The van der Waals surface area contributed by atoms with Crippen LogP contribution in [0.15, 0.2) is 0 Å². The summed E-state index contributed by atoms with van der Waals surface area (Å²) < 4.78 is 0. The van der Waals surface area contributed by atoms with Crippen molar-refractivity contribution in [1.29, 1.82) is 5.26 Å². The van der Waals surface area contributed by atoms with Crippen molar-refractivity contribution >= 4 is 5.91 Å². The number of likely N-dealkylation sites (tertiary alicyclic amines) is 1. The highest BCUT2D eigenvalue weighted by Gasteiger charge is 2.15. The molecule has 1 heterocycles. The number of carbonyl (C=O) groups is 1. The molecule has 1 rings (SSSR count). The maximum atomic E-state index is 11.7. The van der Waals surface area contributed by atoms with E-state index in [4.69, 9.17) is 5.26 Å². The molecular weight excluding hydrogens is 190 g/mol. The third kappa shape index (κ3) is 4.30. The average molecular weight is 209 g/mol. The van der Waals surface area contributed by atoms with Gasteiger partial charge in [0.2, 0.25) is 5.91 Å². The molecule has 0 saturated carbocycles.